The van der Waals surface area contributed by atoms with Gasteiger partial charge in [-0.3, -0.25) is 4.79 Å². The van der Waals surface area contributed by atoms with Gasteiger partial charge in [0.15, 0.2) is 0 Å². The van der Waals surface area contributed by atoms with Gasteiger partial charge in [0.05, 0.1) is 6.42 Å². The molecule has 2 heterocycles. The summed E-state index contributed by atoms with van der Waals surface area (Å²) in [6, 6.07) is 5.59. The molecule has 9 heteroatoms. The minimum atomic E-state index is -0.0958. The number of nitrogens with zero attached hydrogens (tertiary/aromatic N) is 4. The van der Waals surface area contributed by atoms with Crippen molar-refractivity contribution in [2.45, 2.75) is 32.0 Å². The number of carbonyl (C=O) groups excluding carboxylic acids is 1. The first-order valence-corrected chi connectivity index (χ1v) is 10.3. The molecule has 1 aromatic carbocycles. The molecule has 6 nitrogen and oxygen atoms in total. The third-order valence-electron chi connectivity index (χ3n) is 4.04. The Morgan fingerprint density at radius 1 is 1.35 bits per heavy atom. The van der Waals surface area contributed by atoms with Gasteiger partial charge in [0, 0.05) is 33.0 Å². The number of thioether (sulfide) groups is 1. The maximum Gasteiger partial charge on any atom is 0.253 e. The van der Waals surface area contributed by atoms with E-state index in [0.717, 1.165) is 27.0 Å². The largest absolute Gasteiger partial charge is 0.352 e. The van der Waals surface area contributed by atoms with Crippen LogP contribution < -0.4 is 5.32 Å². The van der Waals surface area contributed by atoms with Crippen LogP contribution >= 0.6 is 39.3 Å². The molecule has 1 amide bonds. The van der Waals surface area contributed by atoms with Crippen LogP contribution in [0.2, 0.25) is 5.02 Å². The number of nitrogens with one attached hydrogen (secondary N) is 1. The van der Waals surface area contributed by atoms with E-state index >= 15 is 0 Å². The number of carbonyl (C=O) groups is 1. The fourth-order valence-electron chi connectivity index (χ4n) is 2.61. The first kappa shape index (κ1) is 19.1. The number of benzene rings is 1. The Morgan fingerprint density at radius 2 is 2.12 bits per heavy atom. The molecule has 26 heavy (non-hydrogen) atoms. The lowest BCUT2D eigenvalue weighted by Gasteiger charge is -2.11. The van der Waals surface area contributed by atoms with E-state index in [1.165, 1.54) is 11.8 Å². The van der Waals surface area contributed by atoms with Crippen LogP contribution in [0.5, 0.6) is 0 Å². The van der Waals surface area contributed by atoms with Crippen LogP contribution in [0.25, 0.3) is 5.78 Å². The Kier molecular flexibility index (Phi) is 5.84. The molecule has 0 aliphatic rings. The topological polar surface area (TPSA) is 72.2 Å². The third kappa shape index (κ3) is 4.02. The highest BCUT2D eigenvalue weighted by Crippen LogP contribution is 2.21. The summed E-state index contributed by atoms with van der Waals surface area (Å²) in [6.45, 7) is 4.18. The molecule has 0 saturated heterocycles. The van der Waals surface area contributed by atoms with Crippen LogP contribution in [0.15, 0.2) is 27.8 Å². The van der Waals surface area contributed by atoms with Gasteiger partial charge in [0.1, 0.15) is 0 Å². The number of aryl methyl sites for hydroxylation is 2. The molecular formula is C17H17BrClN5OS. The number of hydrogen-bond acceptors (Lipinski definition) is 5. The molecule has 2 aromatic heterocycles. The van der Waals surface area contributed by atoms with Gasteiger partial charge in [-0.05, 0) is 37.8 Å². The molecule has 0 spiro atoms. The summed E-state index contributed by atoms with van der Waals surface area (Å²) in [5, 5.41) is 8.59. The maximum atomic E-state index is 12.4. The zero-order chi connectivity index (χ0) is 18.8. The third-order valence-corrected chi connectivity index (χ3v) is 5.42. The van der Waals surface area contributed by atoms with Gasteiger partial charge < -0.3 is 5.32 Å². The monoisotopic (exact) mass is 453 g/mol. The van der Waals surface area contributed by atoms with E-state index in [9.17, 15) is 4.79 Å². The van der Waals surface area contributed by atoms with Gasteiger partial charge in [-0.2, -0.15) is 4.98 Å². The second kappa shape index (κ2) is 7.94. The first-order valence-electron chi connectivity index (χ1n) is 7.86. The molecule has 0 aliphatic carbocycles. The van der Waals surface area contributed by atoms with Gasteiger partial charge in [-0.25, -0.2) is 9.50 Å². The van der Waals surface area contributed by atoms with E-state index < -0.39 is 0 Å². The SMILES string of the molecule is CSc1nc2nc(C)c(CC(=O)NCc3ccc(Br)cc3Cl)c(C)n2n1. The lowest BCUT2D eigenvalue weighted by atomic mass is 10.1. The Bertz CT molecular complexity index is 991. The molecular weight excluding hydrogens is 438 g/mol. The lowest BCUT2D eigenvalue weighted by Crippen LogP contribution is -2.26. The van der Waals surface area contributed by atoms with Crippen molar-refractivity contribution in [3.8, 4) is 0 Å². The van der Waals surface area contributed by atoms with Crippen molar-refractivity contribution in [3.05, 3.63) is 50.2 Å². The molecule has 0 unspecified atom stereocenters. The zero-order valence-electron chi connectivity index (χ0n) is 14.5. The van der Waals surface area contributed by atoms with Gasteiger partial charge in [-0.15, -0.1) is 5.10 Å². The summed E-state index contributed by atoms with van der Waals surface area (Å²) in [6.07, 6.45) is 2.14. The second-order valence-electron chi connectivity index (χ2n) is 5.76. The Morgan fingerprint density at radius 3 is 2.81 bits per heavy atom. The summed E-state index contributed by atoms with van der Waals surface area (Å²) in [5.74, 6) is 0.455. The highest BCUT2D eigenvalue weighted by Gasteiger charge is 2.16. The number of fused-ring (bicyclic) bond motifs is 1. The molecule has 0 atom stereocenters. The Hall–Kier alpha value is -1.64. The van der Waals surface area contributed by atoms with Crippen LogP contribution in [0.4, 0.5) is 0 Å². The summed E-state index contributed by atoms with van der Waals surface area (Å²) in [4.78, 5) is 21.2. The molecule has 0 bridgehead atoms. The van der Waals surface area contributed by atoms with Crippen molar-refractivity contribution in [2.75, 3.05) is 6.26 Å². The maximum absolute atomic E-state index is 12.4. The predicted molar refractivity (Wildman–Crippen MR) is 107 cm³/mol. The van der Waals surface area contributed by atoms with E-state index in [-0.39, 0.29) is 12.3 Å². The van der Waals surface area contributed by atoms with Crippen LogP contribution in [0, 0.1) is 13.8 Å². The lowest BCUT2D eigenvalue weighted by molar-refractivity contribution is -0.120. The fraction of sp³-hybridized carbons (Fsp3) is 0.294. The number of hydrogen-bond donors (Lipinski definition) is 1. The molecule has 0 radical (unpaired) electrons. The van der Waals surface area contributed by atoms with Gasteiger partial charge in [0.25, 0.3) is 5.78 Å². The van der Waals surface area contributed by atoms with Gasteiger partial charge in [0.2, 0.25) is 11.1 Å². The highest BCUT2D eigenvalue weighted by molar-refractivity contribution is 9.10. The van der Waals surface area contributed by atoms with E-state index in [2.05, 4.69) is 36.3 Å². The summed E-state index contributed by atoms with van der Waals surface area (Å²) >= 11 is 11.0. The van der Waals surface area contributed by atoms with Gasteiger partial charge >= 0.3 is 0 Å². The number of amides is 1. The average Bonchev–Trinajstić information content (AvgIpc) is 3.01. The number of halogens is 2. The molecule has 1 N–H and O–H groups in total. The number of rotatable bonds is 5. The van der Waals surface area contributed by atoms with Crippen LogP contribution in [0.3, 0.4) is 0 Å². The van der Waals surface area contributed by atoms with Crippen LogP contribution in [0.1, 0.15) is 22.5 Å². The minimum Gasteiger partial charge on any atom is -0.352 e. The fourth-order valence-corrected chi connectivity index (χ4v) is 3.69. The van der Waals surface area contributed by atoms with Gasteiger partial charge in [-0.1, -0.05) is 45.4 Å². The second-order valence-corrected chi connectivity index (χ2v) is 7.86. The molecule has 0 saturated carbocycles. The first-order chi connectivity index (χ1) is 12.4. The molecule has 0 aliphatic heterocycles. The Balaban J connectivity index is 1.76. The van der Waals surface area contributed by atoms with Crippen LogP contribution in [-0.4, -0.2) is 31.7 Å². The molecule has 3 aromatic rings. The summed E-state index contributed by atoms with van der Waals surface area (Å²) in [7, 11) is 0. The molecule has 136 valence electrons. The van der Waals surface area contributed by atoms with Crippen molar-refractivity contribution >= 4 is 51.0 Å². The number of aromatic nitrogens is 4. The van der Waals surface area contributed by atoms with Crippen molar-refractivity contribution < 1.29 is 4.79 Å². The van der Waals surface area contributed by atoms with Crippen molar-refractivity contribution in [1.29, 1.82) is 0 Å². The Labute approximate surface area is 168 Å². The predicted octanol–water partition coefficient (Wildman–Crippen LogP) is 3.74. The molecule has 0 fully saturated rings. The normalized spacial score (nSPS) is 11.1. The smallest absolute Gasteiger partial charge is 0.253 e. The van der Waals surface area contributed by atoms with Crippen molar-refractivity contribution in [2.24, 2.45) is 0 Å². The van der Waals surface area contributed by atoms with E-state index in [1.54, 1.807) is 4.52 Å². The summed E-state index contributed by atoms with van der Waals surface area (Å²) in [5.41, 5.74) is 3.38. The quantitative estimate of drug-likeness (QED) is 0.595. The van der Waals surface area contributed by atoms with Crippen LogP contribution in [-0.2, 0) is 17.8 Å². The zero-order valence-corrected chi connectivity index (χ0v) is 17.7. The van der Waals surface area contributed by atoms with E-state index in [4.69, 9.17) is 11.6 Å². The highest BCUT2D eigenvalue weighted by atomic mass is 79.9. The minimum absolute atomic E-state index is 0.0958. The molecule has 3 rings (SSSR count). The summed E-state index contributed by atoms with van der Waals surface area (Å²) < 4.78 is 2.59. The van der Waals surface area contributed by atoms with Crippen molar-refractivity contribution in [1.82, 2.24) is 24.9 Å². The van der Waals surface area contributed by atoms with E-state index in [0.29, 0.717) is 22.5 Å². The van der Waals surface area contributed by atoms with E-state index in [1.807, 2.05) is 38.3 Å². The average molecular weight is 455 g/mol. The standard InChI is InChI=1S/C17H17BrClN5OS/c1-9-13(10(2)24-16(21-9)22-17(23-24)26-3)7-15(25)20-8-11-4-5-12(18)6-14(11)19/h4-6H,7-8H2,1-3H3,(H,20,25). The van der Waals surface area contributed by atoms with Crippen molar-refractivity contribution in [3.63, 3.8) is 0 Å².